The van der Waals surface area contributed by atoms with Crippen molar-refractivity contribution in [1.82, 2.24) is 4.98 Å². The van der Waals surface area contributed by atoms with Crippen LogP contribution in [0.5, 0.6) is 5.75 Å². The standard InChI is InChI=1S/C18H14N2O5/c1-10(21)19-12-7-8-15-14(9-12)18(23)25-17(20-15)13-5-3-4-6-16(13)24-11(2)22/h3-9H,1-2H3,(H,19,21). The maximum absolute atomic E-state index is 12.3. The smallest absolute Gasteiger partial charge is 0.347 e. The van der Waals surface area contributed by atoms with Crippen LogP contribution in [0.2, 0.25) is 0 Å². The number of hydrogen-bond donors (Lipinski definition) is 1. The summed E-state index contributed by atoms with van der Waals surface area (Å²) < 4.78 is 10.4. The van der Waals surface area contributed by atoms with E-state index in [1.165, 1.54) is 19.9 Å². The topological polar surface area (TPSA) is 98.5 Å². The second-order valence-electron chi connectivity index (χ2n) is 5.31. The highest BCUT2D eigenvalue weighted by atomic mass is 16.5. The van der Waals surface area contributed by atoms with Gasteiger partial charge in [0.2, 0.25) is 11.8 Å². The lowest BCUT2D eigenvalue weighted by atomic mass is 10.2. The highest BCUT2D eigenvalue weighted by Crippen LogP contribution is 2.29. The molecule has 0 aliphatic carbocycles. The summed E-state index contributed by atoms with van der Waals surface area (Å²) in [6.07, 6.45) is 0. The SMILES string of the molecule is CC(=O)Nc1ccc2nc(-c3ccccc3OC(C)=O)oc(=O)c2c1. The number of hydrogen-bond acceptors (Lipinski definition) is 6. The van der Waals surface area contributed by atoms with E-state index in [1.54, 1.807) is 36.4 Å². The minimum absolute atomic E-state index is 0.0432. The van der Waals surface area contributed by atoms with E-state index in [2.05, 4.69) is 10.3 Å². The number of carbonyl (C=O) groups is 2. The molecular formula is C18H14N2O5. The van der Waals surface area contributed by atoms with Gasteiger partial charge in [0, 0.05) is 19.5 Å². The molecule has 0 bridgehead atoms. The van der Waals surface area contributed by atoms with Gasteiger partial charge in [0.05, 0.1) is 16.5 Å². The number of fused-ring (bicyclic) bond motifs is 1. The van der Waals surface area contributed by atoms with Gasteiger partial charge >= 0.3 is 11.6 Å². The number of anilines is 1. The van der Waals surface area contributed by atoms with Gasteiger partial charge in [-0.3, -0.25) is 9.59 Å². The molecule has 3 aromatic rings. The summed E-state index contributed by atoms with van der Waals surface area (Å²) in [6.45, 7) is 2.66. The van der Waals surface area contributed by atoms with E-state index in [1.807, 2.05) is 0 Å². The monoisotopic (exact) mass is 338 g/mol. The molecule has 1 aromatic heterocycles. The Kier molecular flexibility index (Phi) is 4.30. The highest BCUT2D eigenvalue weighted by Gasteiger charge is 2.14. The predicted molar refractivity (Wildman–Crippen MR) is 91.3 cm³/mol. The third kappa shape index (κ3) is 3.55. The lowest BCUT2D eigenvalue weighted by Gasteiger charge is -2.08. The maximum Gasteiger partial charge on any atom is 0.347 e. The molecule has 0 radical (unpaired) electrons. The van der Waals surface area contributed by atoms with Gasteiger partial charge in [-0.2, -0.15) is 0 Å². The van der Waals surface area contributed by atoms with Crippen LogP contribution in [0, 0.1) is 0 Å². The molecule has 0 aliphatic heterocycles. The lowest BCUT2D eigenvalue weighted by Crippen LogP contribution is -2.08. The van der Waals surface area contributed by atoms with Crippen LogP contribution in [0.1, 0.15) is 13.8 Å². The zero-order valence-corrected chi connectivity index (χ0v) is 13.5. The van der Waals surface area contributed by atoms with Gasteiger partial charge in [0.15, 0.2) is 0 Å². The molecule has 3 rings (SSSR count). The van der Waals surface area contributed by atoms with E-state index in [0.717, 1.165) is 0 Å². The minimum atomic E-state index is -0.607. The molecule has 126 valence electrons. The number of esters is 1. The van der Waals surface area contributed by atoms with Crippen LogP contribution < -0.4 is 15.7 Å². The van der Waals surface area contributed by atoms with Gasteiger partial charge in [0.25, 0.3) is 0 Å². The van der Waals surface area contributed by atoms with Crippen molar-refractivity contribution in [3.05, 3.63) is 52.9 Å². The molecule has 7 nitrogen and oxygen atoms in total. The number of aromatic nitrogens is 1. The fourth-order valence-electron chi connectivity index (χ4n) is 2.36. The van der Waals surface area contributed by atoms with Crippen LogP contribution >= 0.6 is 0 Å². The Morgan fingerprint density at radius 3 is 2.60 bits per heavy atom. The van der Waals surface area contributed by atoms with Crippen LogP contribution in [0.4, 0.5) is 5.69 Å². The van der Waals surface area contributed by atoms with Crippen molar-refractivity contribution in [2.24, 2.45) is 0 Å². The molecule has 0 spiro atoms. The molecule has 2 aromatic carbocycles. The van der Waals surface area contributed by atoms with E-state index in [-0.39, 0.29) is 22.9 Å². The van der Waals surface area contributed by atoms with Gasteiger partial charge in [-0.15, -0.1) is 0 Å². The Balaban J connectivity index is 2.12. The molecule has 0 unspecified atom stereocenters. The zero-order chi connectivity index (χ0) is 18.0. The van der Waals surface area contributed by atoms with E-state index in [0.29, 0.717) is 16.8 Å². The summed E-state index contributed by atoms with van der Waals surface area (Å²) in [6, 6.07) is 11.4. The minimum Gasteiger partial charge on any atom is -0.426 e. The van der Waals surface area contributed by atoms with Gasteiger partial charge in [-0.1, -0.05) is 12.1 Å². The molecule has 25 heavy (non-hydrogen) atoms. The second kappa shape index (κ2) is 6.56. The molecular weight excluding hydrogens is 324 g/mol. The first-order valence-corrected chi connectivity index (χ1v) is 7.44. The Bertz CT molecular complexity index is 1040. The van der Waals surface area contributed by atoms with Crippen molar-refractivity contribution < 1.29 is 18.7 Å². The molecule has 0 saturated carbocycles. The van der Waals surface area contributed by atoms with Crippen LogP contribution in [0.25, 0.3) is 22.4 Å². The molecule has 1 N–H and O–H groups in total. The Hall–Kier alpha value is -3.48. The molecule has 0 aliphatic rings. The Morgan fingerprint density at radius 1 is 1.12 bits per heavy atom. The number of carbonyl (C=O) groups excluding carboxylic acids is 2. The number of rotatable bonds is 3. The largest absolute Gasteiger partial charge is 0.426 e. The zero-order valence-electron chi connectivity index (χ0n) is 13.5. The van der Waals surface area contributed by atoms with E-state index in [4.69, 9.17) is 9.15 Å². The average molecular weight is 338 g/mol. The molecule has 0 fully saturated rings. The number of nitrogens with one attached hydrogen (secondary N) is 1. The predicted octanol–water partition coefficient (Wildman–Crippen LogP) is 2.74. The van der Waals surface area contributed by atoms with Gasteiger partial charge in [-0.05, 0) is 30.3 Å². The van der Waals surface area contributed by atoms with Crippen molar-refractivity contribution >= 4 is 28.5 Å². The first-order chi connectivity index (χ1) is 11.9. The molecule has 1 amide bonds. The van der Waals surface area contributed by atoms with Crippen molar-refractivity contribution in [2.75, 3.05) is 5.32 Å². The van der Waals surface area contributed by atoms with Crippen LogP contribution in [-0.2, 0) is 9.59 Å². The number of benzene rings is 2. The maximum atomic E-state index is 12.3. The third-order valence-electron chi connectivity index (χ3n) is 3.32. The first kappa shape index (κ1) is 16.4. The number of ether oxygens (including phenoxy) is 1. The quantitative estimate of drug-likeness (QED) is 0.582. The van der Waals surface area contributed by atoms with Crippen molar-refractivity contribution in [2.45, 2.75) is 13.8 Å². The fourth-order valence-corrected chi connectivity index (χ4v) is 2.36. The highest BCUT2D eigenvalue weighted by molar-refractivity contribution is 5.92. The molecule has 1 heterocycles. The van der Waals surface area contributed by atoms with Crippen molar-refractivity contribution in [3.8, 4) is 17.2 Å². The van der Waals surface area contributed by atoms with Crippen LogP contribution in [-0.4, -0.2) is 16.9 Å². The van der Waals surface area contributed by atoms with Gasteiger partial charge in [-0.25, -0.2) is 9.78 Å². The summed E-state index contributed by atoms with van der Waals surface area (Å²) in [5.74, 6) is -0.444. The lowest BCUT2D eigenvalue weighted by molar-refractivity contribution is -0.131. The Labute approximate surface area is 142 Å². The summed E-state index contributed by atoms with van der Waals surface area (Å²) in [5, 5.41) is 2.83. The van der Waals surface area contributed by atoms with E-state index >= 15 is 0 Å². The second-order valence-corrected chi connectivity index (χ2v) is 5.31. The number of amides is 1. The van der Waals surface area contributed by atoms with E-state index < -0.39 is 11.6 Å². The number of nitrogens with zero attached hydrogens (tertiary/aromatic N) is 1. The number of para-hydroxylation sites is 1. The van der Waals surface area contributed by atoms with Crippen LogP contribution in [0.15, 0.2) is 51.7 Å². The molecule has 0 saturated heterocycles. The normalized spacial score (nSPS) is 10.5. The van der Waals surface area contributed by atoms with Crippen LogP contribution in [0.3, 0.4) is 0 Å². The first-order valence-electron chi connectivity index (χ1n) is 7.44. The van der Waals surface area contributed by atoms with Crippen molar-refractivity contribution in [1.29, 1.82) is 0 Å². The summed E-state index contributed by atoms with van der Waals surface area (Å²) in [7, 11) is 0. The van der Waals surface area contributed by atoms with Crippen molar-refractivity contribution in [3.63, 3.8) is 0 Å². The molecule has 7 heteroatoms. The van der Waals surface area contributed by atoms with Gasteiger partial charge in [0.1, 0.15) is 5.75 Å². The molecule has 0 atom stereocenters. The van der Waals surface area contributed by atoms with E-state index in [9.17, 15) is 14.4 Å². The summed E-state index contributed by atoms with van der Waals surface area (Å²) in [4.78, 5) is 39.0. The fraction of sp³-hybridized carbons (Fsp3) is 0.111. The summed E-state index contributed by atoms with van der Waals surface area (Å²) in [5.41, 5.74) is 0.660. The van der Waals surface area contributed by atoms with Gasteiger partial charge < -0.3 is 14.5 Å². The Morgan fingerprint density at radius 2 is 1.88 bits per heavy atom. The summed E-state index contributed by atoms with van der Waals surface area (Å²) >= 11 is 0. The third-order valence-corrected chi connectivity index (χ3v) is 3.32. The average Bonchev–Trinajstić information content (AvgIpc) is 2.54.